The molecule has 4 rings (SSSR count). The molecule has 0 N–H and O–H groups in total. The predicted molar refractivity (Wildman–Crippen MR) is 102 cm³/mol. The average Bonchev–Trinajstić information content (AvgIpc) is 3.29. The Morgan fingerprint density at radius 2 is 2.04 bits per heavy atom. The summed E-state index contributed by atoms with van der Waals surface area (Å²) in [4.78, 5) is 11.4. The van der Waals surface area contributed by atoms with Gasteiger partial charge in [0.2, 0.25) is 0 Å². The number of nitrogens with zero attached hydrogens (tertiary/aromatic N) is 6. The Labute approximate surface area is 154 Å². The van der Waals surface area contributed by atoms with Crippen molar-refractivity contribution in [3.05, 3.63) is 54.4 Å². The number of hydrogen-bond donors (Lipinski definition) is 0. The van der Waals surface area contributed by atoms with Crippen molar-refractivity contribution in [2.24, 2.45) is 0 Å². The summed E-state index contributed by atoms with van der Waals surface area (Å²) < 4.78 is 4.41. The summed E-state index contributed by atoms with van der Waals surface area (Å²) in [5.74, 6) is 1.05. The van der Waals surface area contributed by atoms with Gasteiger partial charge in [0.1, 0.15) is 5.82 Å². The molecule has 3 aromatic rings. The SMILES string of the molecule is CCn1cc(CN2CCCC(n3c(C)cnc3-c3ccncc3)C2)cn1. The lowest BCUT2D eigenvalue weighted by Crippen LogP contribution is -2.36. The molecule has 0 saturated carbocycles. The van der Waals surface area contributed by atoms with Gasteiger partial charge in [0.25, 0.3) is 0 Å². The van der Waals surface area contributed by atoms with Gasteiger partial charge in [-0.05, 0) is 45.4 Å². The van der Waals surface area contributed by atoms with Gasteiger partial charge >= 0.3 is 0 Å². The summed E-state index contributed by atoms with van der Waals surface area (Å²) in [6.45, 7) is 8.36. The highest BCUT2D eigenvalue weighted by molar-refractivity contribution is 5.55. The van der Waals surface area contributed by atoms with E-state index in [0.717, 1.165) is 37.6 Å². The highest BCUT2D eigenvalue weighted by Gasteiger charge is 2.25. The molecule has 1 aliphatic heterocycles. The number of aromatic nitrogens is 5. The van der Waals surface area contributed by atoms with Crippen LogP contribution in [-0.2, 0) is 13.1 Å². The molecule has 6 nitrogen and oxygen atoms in total. The summed E-state index contributed by atoms with van der Waals surface area (Å²) in [6.07, 6.45) is 12.2. The van der Waals surface area contributed by atoms with Crippen LogP contribution in [-0.4, -0.2) is 42.3 Å². The average molecular weight is 350 g/mol. The van der Waals surface area contributed by atoms with E-state index in [1.54, 1.807) is 0 Å². The van der Waals surface area contributed by atoms with Gasteiger partial charge in [-0.1, -0.05) is 0 Å². The lowest BCUT2D eigenvalue weighted by Gasteiger charge is -2.34. The van der Waals surface area contributed by atoms with Crippen LogP contribution >= 0.6 is 0 Å². The first-order chi connectivity index (χ1) is 12.7. The Balaban J connectivity index is 1.54. The standard InChI is InChI=1S/C20H26N6/c1-3-25-14-17(12-23-25)13-24-10-4-5-19(15-24)26-16(2)11-22-20(26)18-6-8-21-9-7-18/h6-9,11-12,14,19H,3-5,10,13,15H2,1-2H3. The molecule has 1 atom stereocenters. The molecule has 1 saturated heterocycles. The molecule has 1 unspecified atom stereocenters. The van der Waals surface area contributed by atoms with Gasteiger partial charge in [0, 0.05) is 67.3 Å². The number of pyridine rings is 1. The maximum absolute atomic E-state index is 4.69. The van der Waals surface area contributed by atoms with Crippen LogP contribution in [0.1, 0.15) is 37.1 Å². The minimum absolute atomic E-state index is 0.454. The van der Waals surface area contributed by atoms with E-state index in [0.29, 0.717) is 6.04 Å². The molecule has 0 radical (unpaired) electrons. The predicted octanol–water partition coefficient (Wildman–Crippen LogP) is 3.31. The highest BCUT2D eigenvalue weighted by atomic mass is 15.3. The van der Waals surface area contributed by atoms with E-state index in [9.17, 15) is 0 Å². The van der Waals surface area contributed by atoms with Crippen molar-refractivity contribution in [1.82, 2.24) is 29.2 Å². The third-order valence-electron chi connectivity index (χ3n) is 5.18. The zero-order chi connectivity index (χ0) is 17.9. The molecule has 1 fully saturated rings. The Bertz CT molecular complexity index is 850. The maximum atomic E-state index is 4.69. The van der Waals surface area contributed by atoms with E-state index in [4.69, 9.17) is 0 Å². The van der Waals surface area contributed by atoms with Gasteiger partial charge in [-0.2, -0.15) is 5.10 Å². The van der Waals surface area contributed by atoms with Gasteiger partial charge < -0.3 is 4.57 Å². The smallest absolute Gasteiger partial charge is 0.140 e. The van der Waals surface area contributed by atoms with Crippen molar-refractivity contribution >= 4 is 0 Å². The Morgan fingerprint density at radius 1 is 1.19 bits per heavy atom. The molecule has 136 valence electrons. The molecule has 6 heteroatoms. The zero-order valence-corrected chi connectivity index (χ0v) is 15.5. The highest BCUT2D eigenvalue weighted by Crippen LogP contribution is 2.29. The van der Waals surface area contributed by atoms with Crippen LogP contribution in [0.3, 0.4) is 0 Å². The van der Waals surface area contributed by atoms with E-state index < -0.39 is 0 Å². The first-order valence-corrected chi connectivity index (χ1v) is 9.42. The second-order valence-electron chi connectivity index (χ2n) is 7.06. The molecule has 0 spiro atoms. The molecule has 3 aromatic heterocycles. The topological polar surface area (TPSA) is 51.8 Å². The maximum Gasteiger partial charge on any atom is 0.140 e. The number of likely N-dealkylation sites (tertiary alicyclic amines) is 1. The lowest BCUT2D eigenvalue weighted by atomic mass is 10.0. The van der Waals surface area contributed by atoms with Gasteiger partial charge in [-0.25, -0.2) is 4.98 Å². The summed E-state index contributed by atoms with van der Waals surface area (Å²) in [7, 11) is 0. The summed E-state index contributed by atoms with van der Waals surface area (Å²) in [5.41, 5.74) is 3.65. The Morgan fingerprint density at radius 3 is 2.81 bits per heavy atom. The molecular formula is C20H26N6. The third-order valence-corrected chi connectivity index (χ3v) is 5.18. The number of imidazole rings is 1. The van der Waals surface area contributed by atoms with Gasteiger partial charge in [0.05, 0.1) is 6.20 Å². The molecule has 1 aliphatic rings. The lowest BCUT2D eigenvalue weighted by molar-refractivity contribution is 0.170. The number of hydrogen-bond acceptors (Lipinski definition) is 4. The van der Waals surface area contributed by atoms with Crippen molar-refractivity contribution in [3.63, 3.8) is 0 Å². The first-order valence-electron chi connectivity index (χ1n) is 9.42. The largest absolute Gasteiger partial charge is 0.324 e. The van der Waals surface area contributed by atoms with Crippen LogP contribution in [0.15, 0.2) is 43.1 Å². The van der Waals surface area contributed by atoms with E-state index in [1.165, 1.54) is 24.1 Å². The fourth-order valence-corrected chi connectivity index (χ4v) is 3.93. The monoisotopic (exact) mass is 350 g/mol. The van der Waals surface area contributed by atoms with Crippen LogP contribution in [0.4, 0.5) is 0 Å². The third kappa shape index (κ3) is 3.42. The van der Waals surface area contributed by atoms with Crippen LogP contribution < -0.4 is 0 Å². The molecule has 0 bridgehead atoms. The molecule has 0 aliphatic carbocycles. The summed E-state index contributed by atoms with van der Waals surface area (Å²) in [5, 5.41) is 4.41. The van der Waals surface area contributed by atoms with Crippen molar-refractivity contribution in [1.29, 1.82) is 0 Å². The minimum atomic E-state index is 0.454. The summed E-state index contributed by atoms with van der Waals surface area (Å²) >= 11 is 0. The van der Waals surface area contributed by atoms with Crippen LogP contribution in [0.5, 0.6) is 0 Å². The normalized spacial score (nSPS) is 18.3. The van der Waals surface area contributed by atoms with Crippen LogP contribution in [0.2, 0.25) is 0 Å². The number of piperidine rings is 1. The minimum Gasteiger partial charge on any atom is -0.324 e. The van der Waals surface area contributed by atoms with Crippen molar-refractivity contribution in [3.8, 4) is 11.4 Å². The van der Waals surface area contributed by atoms with E-state index in [2.05, 4.69) is 44.6 Å². The van der Waals surface area contributed by atoms with Gasteiger partial charge in [0.15, 0.2) is 0 Å². The van der Waals surface area contributed by atoms with E-state index >= 15 is 0 Å². The number of aryl methyl sites for hydroxylation is 2. The molecule has 0 amide bonds. The van der Waals surface area contributed by atoms with Crippen LogP contribution in [0, 0.1) is 6.92 Å². The first kappa shape index (κ1) is 17.0. The Hall–Kier alpha value is -2.47. The van der Waals surface area contributed by atoms with Gasteiger partial charge in [-0.15, -0.1) is 0 Å². The fourth-order valence-electron chi connectivity index (χ4n) is 3.93. The van der Waals surface area contributed by atoms with E-state index in [-0.39, 0.29) is 0 Å². The molecular weight excluding hydrogens is 324 g/mol. The van der Waals surface area contributed by atoms with Crippen LogP contribution in [0.25, 0.3) is 11.4 Å². The Kier molecular flexibility index (Phi) is 4.84. The molecule has 4 heterocycles. The van der Waals surface area contributed by atoms with Gasteiger partial charge in [-0.3, -0.25) is 14.6 Å². The van der Waals surface area contributed by atoms with Crippen molar-refractivity contribution in [2.45, 2.75) is 45.8 Å². The number of rotatable bonds is 5. The second-order valence-corrected chi connectivity index (χ2v) is 7.06. The second kappa shape index (κ2) is 7.41. The van der Waals surface area contributed by atoms with Crippen molar-refractivity contribution < 1.29 is 0 Å². The summed E-state index contributed by atoms with van der Waals surface area (Å²) in [6, 6.07) is 4.53. The van der Waals surface area contributed by atoms with Crippen molar-refractivity contribution in [2.75, 3.05) is 13.1 Å². The fraction of sp³-hybridized carbons (Fsp3) is 0.450. The quantitative estimate of drug-likeness (QED) is 0.708. The zero-order valence-electron chi connectivity index (χ0n) is 15.5. The van der Waals surface area contributed by atoms with E-state index in [1.807, 2.05) is 41.6 Å². The molecule has 26 heavy (non-hydrogen) atoms. The molecule has 0 aromatic carbocycles.